The molecule has 192 valence electrons. The number of hydrogen-bond donors (Lipinski definition) is 2. The molecule has 0 fully saturated rings. The lowest BCUT2D eigenvalue weighted by molar-refractivity contribution is -0.141. The number of halogens is 3. The Morgan fingerprint density at radius 3 is 2.51 bits per heavy atom. The molecule has 15 heteroatoms. The van der Waals surface area contributed by atoms with E-state index >= 15 is 0 Å². The molecule has 0 aliphatic rings. The van der Waals surface area contributed by atoms with Gasteiger partial charge in [-0.3, -0.25) is 4.98 Å². The molecular formula is C22H17F3N6O5S. The number of nitrogens with one attached hydrogen (secondary N) is 1. The van der Waals surface area contributed by atoms with Gasteiger partial charge in [0, 0.05) is 53.9 Å². The van der Waals surface area contributed by atoms with Crippen LogP contribution in [0.25, 0.3) is 16.9 Å². The Morgan fingerprint density at radius 2 is 1.89 bits per heavy atom. The van der Waals surface area contributed by atoms with Crippen LogP contribution in [-0.4, -0.2) is 57.6 Å². The summed E-state index contributed by atoms with van der Waals surface area (Å²) in [5.74, 6) is -1.27. The average Bonchev–Trinajstić information content (AvgIpc) is 3.34. The highest BCUT2D eigenvalue weighted by Gasteiger charge is 2.34. The first-order chi connectivity index (χ1) is 17.3. The van der Waals surface area contributed by atoms with E-state index in [-0.39, 0.29) is 44.8 Å². The molecule has 4 aromatic rings. The lowest BCUT2D eigenvalue weighted by atomic mass is 10.1. The number of aromatic nitrogens is 5. The normalized spacial score (nSPS) is 11.8. The molecule has 0 spiro atoms. The highest BCUT2D eigenvalue weighted by molar-refractivity contribution is 7.90. The molecule has 4 rings (SSSR count). The largest absolute Gasteiger partial charge is 0.497 e. The minimum atomic E-state index is -4.72. The standard InChI is InChI=1S/C22H17F3N6O5S/c1-36-15-6-14(7-16(8-15)37(2,34)35)28-21-27-11-17(12-5-13(20(32)33)10-26-9-12)19(29-21)31-4-3-18(30-31)22(23,24)25/h3-11H,1-2H3,(H,32,33)(H,27,28,29). The van der Waals surface area contributed by atoms with Gasteiger partial charge >= 0.3 is 12.1 Å². The van der Waals surface area contributed by atoms with E-state index in [4.69, 9.17) is 4.74 Å². The van der Waals surface area contributed by atoms with Gasteiger partial charge in [0.05, 0.1) is 17.6 Å². The number of ether oxygens (including phenoxy) is 1. The number of aromatic carboxylic acids is 1. The number of nitrogens with zero attached hydrogens (tertiary/aromatic N) is 5. The first-order valence-electron chi connectivity index (χ1n) is 10.2. The summed E-state index contributed by atoms with van der Waals surface area (Å²) in [5.41, 5.74) is -0.752. The van der Waals surface area contributed by atoms with E-state index in [1.165, 1.54) is 43.8 Å². The van der Waals surface area contributed by atoms with Crippen LogP contribution in [0.4, 0.5) is 24.8 Å². The molecule has 0 amide bonds. The molecule has 3 aromatic heterocycles. The fourth-order valence-electron chi connectivity index (χ4n) is 3.21. The summed E-state index contributed by atoms with van der Waals surface area (Å²) in [7, 11) is -2.25. The molecule has 0 radical (unpaired) electrons. The van der Waals surface area contributed by atoms with Crippen LogP contribution in [0, 0.1) is 0 Å². The third-order valence-corrected chi connectivity index (χ3v) is 6.05. The van der Waals surface area contributed by atoms with E-state index in [0.717, 1.165) is 29.4 Å². The van der Waals surface area contributed by atoms with Crippen LogP contribution in [0.15, 0.2) is 60.0 Å². The molecule has 0 saturated heterocycles. The molecule has 0 atom stereocenters. The van der Waals surface area contributed by atoms with Gasteiger partial charge in [-0.2, -0.15) is 23.3 Å². The van der Waals surface area contributed by atoms with Gasteiger partial charge in [0.15, 0.2) is 21.3 Å². The van der Waals surface area contributed by atoms with Crippen LogP contribution in [0.2, 0.25) is 0 Å². The topological polar surface area (TPSA) is 149 Å². The highest BCUT2D eigenvalue weighted by atomic mass is 32.2. The minimum Gasteiger partial charge on any atom is -0.497 e. The van der Waals surface area contributed by atoms with Gasteiger partial charge in [0.1, 0.15) is 5.75 Å². The summed E-state index contributed by atoms with van der Waals surface area (Å²) < 4.78 is 69.7. The smallest absolute Gasteiger partial charge is 0.435 e. The summed E-state index contributed by atoms with van der Waals surface area (Å²) >= 11 is 0. The Morgan fingerprint density at radius 1 is 1.14 bits per heavy atom. The van der Waals surface area contributed by atoms with Crippen LogP contribution in [0.5, 0.6) is 5.75 Å². The average molecular weight is 534 g/mol. The van der Waals surface area contributed by atoms with Gasteiger partial charge in [-0.1, -0.05) is 0 Å². The molecule has 37 heavy (non-hydrogen) atoms. The molecule has 0 saturated carbocycles. The third-order valence-electron chi connectivity index (χ3n) is 4.96. The molecule has 3 heterocycles. The second-order valence-corrected chi connectivity index (χ2v) is 9.65. The number of anilines is 2. The van der Waals surface area contributed by atoms with Crippen LogP contribution in [0.1, 0.15) is 16.1 Å². The predicted molar refractivity (Wildman–Crippen MR) is 124 cm³/mol. The van der Waals surface area contributed by atoms with Crippen molar-refractivity contribution in [3.8, 4) is 22.7 Å². The Hall–Kier alpha value is -4.53. The van der Waals surface area contributed by atoms with Gasteiger partial charge in [-0.15, -0.1) is 0 Å². The zero-order valence-electron chi connectivity index (χ0n) is 19.1. The molecule has 0 unspecified atom stereocenters. The van der Waals surface area contributed by atoms with Crippen molar-refractivity contribution in [2.45, 2.75) is 11.1 Å². The van der Waals surface area contributed by atoms with Gasteiger partial charge < -0.3 is 15.2 Å². The first kappa shape index (κ1) is 25.6. The van der Waals surface area contributed by atoms with Crippen molar-refractivity contribution >= 4 is 27.4 Å². The fourth-order valence-corrected chi connectivity index (χ4v) is 3.88. The van der Waals surface area contributed by atoms with E-state index in [1.54, 1.807) is 0 Å². The number of carboxylic acids is 1. The molecule has 1 aromatic carbocycles. The van der Waals surface area contributed by atoms with Gasteiger partial charge in [0.25, 0.3) is 0 Å². The van der Waals surface area contributed by atoms with Crippen molar-refractivity contribution in [3.63, 3.8) is 0 Å². The lowest BCUT2D eigenvalue weighted by Gasteiger charge is -2.13. The number of alkyl halides is 3. The van der Waals surface area contributed by atoms with E-state index in [2.05, 4.69) is 25.4 Å². The van der Waals surface area contributed by atoms with Crippen molar-refractivity contribution in [3.05, 3.63) is 66.4 Å². The SMILES string of the molecule is COc1cc(Nc2ncc(-c3cncc(C(=O)O)c3)c(-n3ccc(C(F)(F)F)n3)n2)cc(S(C)(=O)=O)c1. The van der Waals surface area contributed by atoms with E-state index in [0.29, 0.717) is 0 Å². The molecule has 0 bridgehead atoms. The van der Waals surface area contributed by atoms with Crippen LogP contribution >= 0.6 is 0 Å². The second kappa shape index (κ2) is 9.50. The molecule has 0 aliphatic heterocycles. The summed E-state index contributed by atoms with van der Waals surface area (Å²) in [5, 5.41) is 15.7. The highest BCUT2D eigenvalue weighted by Crippen LogP contribution is 2.31. The fraction of sp³-hybridized carbons (Fsp3) is 0.136. The Balaban J connectivity index is 1.84. The van der Waals surface area contributed by atoms with Crippen LogP contribution < -0.4 is 10.1 Å². The molecular weight excluding hydrogens is 517 g/mol. The summed E-state index contributed by atoms with van der Waals surface area (Å²) in [4.78, 5) is 23.6. The van der Waals surface area contributed by atoms with Crippen molar-refractivity contribution in [1.82, 2.24) is 24.7 Å². The number of benzene rings is 1. The Bertz CT molecular complexity index is 1600. The quantitative estimate of drug-likeness (QED) is 0.360. The zero-order chi connectivity index (χ0) is 27.0. The maximum absolute atomic E-state index is 13.2. The number of carbonyl (C=O) groups is 1. The van der Waals surface area contributed by atoms with E-state index in [9.17, 15) is 31.5 Å². The first-order valence-corrected chi connectivity index (χ1v) is 12.1. The van der Waals surface area contributed by atoms with Crippen LogP contribution in [0.3, 0.4) is 0 Å². The number of rotatable bonds is 7. The minimum absolute atomic E-state index is 0.0513. The second-order valence-electron chi connectivity index (χ2n) is 7.64. The molecule has 11 nitrogen and oxygen atoms in total. The summed E-state index contributed by atoms with van der Waals surface area (Å²) in [6.07, 6.45) is 1.01. The number of carboxylic acid groups (broad SMARTS) is 1. The maximum Gasteiger partial charge on any atom is 0.435 e. The number of sulfone groups is 1. The van der Waals surface area contributed by atoms with Crippen molar-refractivity contribution in [1.29, 1.82) is 0 Å². The Kier molecular flexibility index (Phi) is 6.56. The predicted octanol–water partition coefficient (Wildman–Crippen LogP) is 3.60. The maximum atomic E-state index is 13.2. The van der Waals surface area contributed by atoms with Crippen LogP contribution in [-0.2, 0) is 16.0 Å². The van der Waals surface area contributed by atoms with Crippen molar-refractivity contribution in [2.24, 2.45) is 0 Å². The summed E-state index contributed by atoms with van der Waals surface area (Å²) in [6, 6.07) is 6.12. The Labute approximate surface area is 207 Å². The molecule has 2 N–H and O–H groups in total. The number of pyridine rings is 1. The van der Waals surface area contributed by atoms with E-state index in [1.807, 2.05) is 0 Å². The van der Waals surface area contributed by atoms with Gasteiger partial charge in [-0.25, -0.2) is 22.9 Å². The summed E-state index contributed by atoms with van der Waals surface area (Å²) in [6.45, 7) is 0. The monoisotopic (exact) mass is 534 g/mol. The third kappa shape index (κ3) is 5.66. The zero-order valence-corrected chi connectivity index (χ0v) is 19.9. The van der Waals surface area contributed by atoms with Gasteiger partial charge in [-0.05, 0) is 24.3 Å². The van der Waals surface area contributed by atoms with Crippen molar-refractivity contribution in [2.75, 3.05) is 18.7 Å². The van der Waals surface area contributed by atoms with E-state index < -0.39 is 27.7 Å². The number of hydrogen-bond acceptors (Lipinski definition) is 9. The molecule has 0 aliphatic carbocycles. The number of methoxy groups -OCH3 is 1. The van der Waals surface area contributed by atoms with Gasteiger partial charge in [0.2, 0.25) is 5.95 Å². The van der Waals surface area contributed by atoms with Crippen molar-refractivity contribution < 1.29 is 36.2 Å². The lowest BCUT2D eigenvalue weighted by Crippen LogP contribution is -2.10.